The summed E-state index contributed by atoms with van der Waals surface area (Å²) in [5.41, 5.74) is 8.01. The molecule has 0 atom stereocenters. The Morgan fingerprint density at radius 1 is 1.16 bits per heavy atom. The van der Waals surface area contributed by atoms with Crippen LogP contribution in [0.15, 0.2) is 45.5 Å². The fourth-order valence-corrected chi connectivity index (χ4v) is 2.69. The van der Waals surface area contributed by atoms with E-state index in [-0.39, 0.29) is 5.82 Å². The molecule has 2 aromatic heterocycles. The van der Waals surface area contributed by atoms with Gasteiger partial charge in [0.2, 0.25) is 0 Å². The van der Waals surface area contributed by atoms with Crippen LogP contribution in [0.5, 0.6) is 0 Å². The topological polar surface area (TPSA) is 43.3 Å². The van der Waals surface area contributed by atoms with Crippen LogP contribution >= 0.6 is 31.9 Å². The number of pyridine rings is 1. The van der Waals surface area contributed by atoms with Crippen LogP contribution in [0.2, 0.25) is 0 Å². The number of imidazole rings is 1. The van der Waals surface area contributed by atoms with Crippen LogP contribution in [0.1, 0.15) is 0 Å². The average Bonchev–Trinajstić information content (AvgIpc) is 2.70. The highest BCUT2D eigenvalue weighted by molar-refractivity contribution is 9.10. The lowest BCUT2D eigenvalue weighted by Crippen LogP contribution is -1.94. The Labute approximate surface area is 125 Å². The molecule has 0 spiro atoms. The monoisotopic (exact) mass is 383 g/mol. The second-order valence-electron chi connectivity index (χ2n) is 4.05. The second kappa shape index (κ2) is 4.61. The highest BCUT2D eigenvalue weighted by atomic mass is 79.9. The highest BCUT2D eigenvalue weighted by Gasteiger charge is 2.14. The number of hydrogen-bond acceptors (Lipinski definition) is 2. The minimum Gasteiger partial charge on any atom is -0.383 e. The molecule has 2 N–H and O–H groups in total. The van der Waals surface area contributed by atoms with Crippen molar-refractivity contribution in [3.63, 3.8) is 0 Å². The van der Waals surface area contributed by atoms with Crippen LogP contribution in [0, 0.1) is 5.82 Å². The fourth-order valence-electron chi connectivity index (χ4n) is 1.91. The Morgan fingerprint density at radius 3 is 2.74 bits per heavy atom. The quantitative estimate of drug-likeness (QED) is 0.681. The van der Waals surface area contributed by atoms with Gasteiger partial charge in [0, 0.05) is 20.7 Å². The van der Waals surface area contributed by atoms with Gasteiger partial charge in [-0.2, -0.15) is 0 Å². The second-order valence-corrected chi connectivity index (χ2v) is 5.82. The molecule has 0 unspecified atom stereocenters. The molecule has 0 bridgehead atoms. The molecule has 2 heterocycles. The summed E-state index contributed by atoms with van der Waals surface area (Å²) in [6.45, 7) is 0. The van der Waals surface area contributed by atoms with Crippen molar-refractivity contribution < 1.29 is 4.39 Å². The summed E-state index contributed by atoms with van der Waals surface area (Å²) in [5, 5.41) is 0. The molecule has 6 heteroatoms. The lowest BCUT2D eigenvalue weighted by Gasteiger charge is -2.03. The predicted molar refractivity (Wildman–Crippen MR) is 80.4 cm³/mol. The van der Waals surface area contributed by atoms with Crippen LogP contribution in [-0.2, 0) is 0 Å². The lowest BCUT2D eigenvalue weighted by atomic mass is 10.1. The minimum atomic E-state index is -0.323. The number of nitrogens with zero attached hydrogens (tertiary/aromatic N) is 2. The van der Waals surface area contributed by atoms with Crippen LogP contribution < -0.4 is 5.73 Å². The van der Waals surface area contributed by atoms with E-state index in [1.807, 2.05) is 18.3 Å². The normalized spacial score (nSPS) is 11.1. The number of nitrogen functional groups attached to an aromatic ring is 1. The smallest absolute Gasteiger partial charge is 0.139 e. The third kappa shape index (κ3) is 2.15. The first kappa shape index (κ1) is 12.6. The first-order valence-corrected chi connectivity index (χ1v) is 7.03. The molecule has 0 aliphatic rings. The van der Waals surface area contributed by atoms with Gasteiger partial charge in [0.15, 0.2) is 0 Å². The molecular formula is C13H8Br2FN3. The van der Waals surface area contributed by atoms with Crippen LogP contribution in [0.25, 0.3) is 16.9 Å². The summed E-state index contributed by atoms with van der Waals surface area (Å²) in [7, 11) is 0. The van der Waals surface area contributed by atoms with E-state index < -0.39 is 0 Å². The van der Waals surface area contributed by atoms with Crippen molar-refractivity contribution >= 4 is 43.3 Å². The number of fused-ring (bicyclic) bond motifs is 1. The standard InChI is InChI=1S/C13H8Br2FN3/c14-7-1-4-11-18-12(13(17)19(11)6-7)9-5-8(16)2-3-10(9)15/h1-6H,17H2. The van der Waals surface area contributed by atoms with E-state index in [0.717, 1.165) is 8.95 Å². The summed E-state index contributed by atoms with van der Waals surface area (Å²) < 4.78 is 16.8. The third-order valence-electron chi connectivity index (χ3n) is 2.80. The van der Waals surface area contributed by atoms with Gasteiger partial charge in [-0.1, -0.05) is 15.9 Å². The molecular weight excluding hydrogens is 377 g/mol. The number of rotatable bonds is 1. The molecule has 19 heavy (non-hydrogen) atoms. The first-order valence-electron chi connectivity index (χ1n) is 5.45. The van der Waals surface area contributed by atoms with Gasteiger partial charge >= 0.3 is 0 Å². The van der Waals surface area contributed by atoms with E-state index in [2.05, 4.69) is 36.8 Å². The van der Waals surface area contributed by atoms with Gasteiger partial charge in [-0.25, -0.2) is 9.37 Å². The molecule has 3 aromatic rings. The molecule has 3 nitrogen and oxygen atoms in total. The Bertz CT molecular complexity index is 783. The van der Waals surface area contributed by atoms with E-state index >= 15 is 0 Å². The van der Waals surface area contributed by atoms with Gasteiger partial charge in [-0.3, -0.25) is 4.40 Å². The number of anilines is 1. The first-order chi connectivity index (χ1) is 9.06. The van der Waals surface area contributed by atoms with Crippen molar-refractivity contribution in [3.05, 3.63) is 51.3 Å². The molecule has 96 valence electrons. The van der Waals surface area contributed by atoms with Gasteiger partial charge in [0.25, 0.3) is 0 Å². The summed E-state index contributed by atoms with van der Waals surface area (Å²) in [6, 6.07) is 8.17. The maximum atomic E-state index is 13.4. The number of halogens is 3. The summed E-state index contributed by atoms with van der Waals surface area (Å²) in [6.07, 6.45) is 1.83. The highest BCUT2D eigenvalue weighted by Crippen LogP contribution is 2.33. The summed E-state index contributed by atoms with van der Waals surface area (Å²) in [5.74, 6) is 0.151. The van der Waals surface area contributed by atoms with Crippen molar-refractivity contribution in [1.29, 1.82) is 0 Å². The van der Waals surface area contributed by atoms with Crippen LogP contribution in [-0.4, -0.2) is 9.38 Å². The Kier molecular flexibility index (Phi) is 3.06. The van der Waals surface area contributed by atoms with E-state index in [0.29, 0.717) is 22.7 Å². The molecule has 0 aliphatic heterocycles. The lowest BCUT2D eigenvalue weighted by molar-refractivity contribution is 0.628. The maximum absolute atomic E-state index is 13.4. The fraction of sp³-hybridized carbons (Fsp3) is 0. The Hall–Kier alpha value is -1.40. The van der Waals surface area contributed by atoms with Crippen LogP contribution in [0.4, 0.5) is 10.2 Å². The van der Waals surface area contributed by atoms with Gasteiger partial charge in [0.1, 0.15) is 23.0 Å². The van der Waals surface area contributed by atoms with Crippen molar-refractivity contribution in [2.75, 3.05) is 5.73 Å². The Balaban J connectivity index is 2.31. The average molecular weight is 385 g/mol. The largest absolute Gasteiger partial charge is 0.383 e. The van der Waals surface area contributed by atoms with Crippen molar-refractivity contribution in [2.45, 2.75) is 0 Å². The summed E-state index contributed by atoms with van der Waals surface area (Å²) in [4.78, 5) is 4.45. The molecule has 0 saturated carbocycles. The summed E-state index contributed by atoms with van der Waals surface area (Å²) >= 11 is 6.78. The zero-order chi connectivity index (χ0) is 13.6. The van der Waals surface area contributed by atoms with E-state index in [4.69, 9.17) is 5.73 Å². The van der Waals surface area contributed by atoms with Crippen molar-refractivity contribution in [3.8, 4) is 11.3 Å². The molecule has 3 rings (SSSR count). The van der Waals surface area contributed by atoms with Gasteiger partial charge in [-0.15, -0.1) is 0 Å². The number of hydrogen-bond donors (Lipinski definition) is 1. The molecule has 0 fully saturated rings. The SMILES string of the molecule is Nc1c(-c2cc(F)ccc2Br)nc2ccc(Br)cn12. The zero-order valence-corrected chi connectivity index (χ0v) is 12.7. The van der Waals surface area contributed by atoms with E-state index in [1.54, 1.807) is 10.5 Å². The van der Waals surface area contributed by atoms with Gasteiger partial charge in [0.05, 0.1) is 0 Å². The molecule has 1 aromatic carbocycles. The zero-order valence-electron chi connectivity index (χ0n) is 9.57. The predicted octanol–water partition coefficient (Wildman–Crippen LogP) is 4.25. The molecule has 0 amide bonds. The van der Waals surface area contributed by atoms with E-state index in [1.165, 1.54) is 12.1 Å². The number of benzene rings is 1. The van der Waals surface area contributed by atoms with Crippen molar-refractivity contribution in [1.82, 2.24) is 9.38 Å². The van der Waals surface area contributed by atoms with Crippen molar-refractivity contribution in [2.24, 2.45) is 0 Å². The molecule has 0 aliphatic carbocycles. The maximum Gasteiger partial charge on any atom is 0.139 e. The molecule has 0 radical (unpaired) electrons. The number of aromatic nitrogens is 2. The molecule has 0 saturated heterocycles. The Morgan fingerprint density at radius 2 is 1.95 bits per heavy atom. The number of nitrogens with two attached hydrogens (primary N) is 1. The third-order valence-corrected chi connectivity index (χ3v) is 3.96. The van der Waals surface area contributed by atoms with Crippen LogP contribution in [0.3, 0.4) is 0 Å². The van der Waals surface area contributed by atoms with E-state index in [9.17, 15) is 4.39 Å². The minimum absolute atomic E-state index is 0.323. The van der Waals surface area contributed by atoms with Gasteiger partial charge in [-0.05, 0) is 46.3 Å². The van der Waals surface area contributed by atoms with Gasteiger partial charge < -0.3 is 5.73 Å².